The van der Waals surface area contributed by atoms with Gasteiger partial charge in [0, 0.05) is 23.3 Å². The summed E-state index contributed by atoms with van der Waals surface area (Å²) in [6.07, 6.45) is 3.44. The van der Waals surface area contributed by atoms with Crippen LogP contribution in [0.5, 0.6) is 0 Å². The standard InChI is InChI=1S/C20H21N3OS/c1-13(2)15-4-6-17(7-5-15)20-23-18(12-25-20)19(24)22-14(3)16-8-10-21-11-9-16/h4-14H,1-3H3,(H,22,24)/t14-/m0/s1. The smallest absolute Gasteiger partial charge is 0.271 e. The minimum absolute atomic E-state index is 0.0917. The van der Waals surface area contributed by atoms with Gasteiger partial charge in [0.15, 0.2) is 0 Å². The van der Waals surface area contributed by atoms with E-state index in [0.717, 1.165) is 16.1 Å². The summed E-state index contributed by atoms with van der Waals surface area (Å²) in [4.78, 5) is 20.9. The quantitative estimate of drug-likeness (QED) is 0.717. The molecular weight excluding hydrogens is 330 g/mol. The van der Waals surface area contributed by atoms with Gasteiger partial charge in [-0.2, -0.15) is 0 Å². The van der Waals surface area contributed by atoms with Gasteiger partial charge in [0.25, 0.3) is 5.91 Å². The van der Waals surface area contributed by atoms with Crippen LogP contribution >= 0.6 is 11.3 Å². The number of aromatic nitrogens is 2. The first-order valence-electron chi connectivity index (χ1n) is 8.31. The summed E-state index contributed by atoms with van der Waals surface area (Å²) in [6, 6.07) is 12.1. The van der Waals surface area contributed by atoms with Crippen LogP contribution in [0.15, 0.2) is 54.2 Å². The predicted molar refractivity (Wildman–Crippen MR) is 102 cm³/mol. The van der Waals surface area contributed by atoms with Crippen molar-refractivity contribution in [3.8, 4) is 10.6 Å². The van der Waals surface area contributed by atoms with Gasteiger partial charge < -0.3 is 5.32 Å². The molecule has 1 aromatic carbocycles. The van der Waals surface area contributed by atoms with E-state index in [0.29, 0.717) is 11.6 Å². The molecule has 0 saturated carbocycles. The first kappa shape index (κ1) is 17.3. The second-order valence-corrected chi connectivity index (χ2v) is 7.15. The molecule has 0 aliphatic rings. The highest BCUT2D eigenvalue weighted by atomic mass is 32.1. The van der Waals surface area contributed by atoms with E-state index in [1.807, 2.05) is 19.1 Å². The molecule has 0 radical (unpaired) electrons. The third kappa shape index (κ3) is 4.12. The Kier molecular flexibility index (Phi) is 5.24. The second-order valence-electron chi connectivity index (χ2n) is 6.29. The molecule has 0 saturated heterocycles. The number of carbonyl (C=O) groups excluding carboxylic acids is 1. The molecule has 1 atom stereocenters. The fourth-order valence-corrected chi connectivity index (χ4v) is 3.33. The molecule has 1 N–H and O–H groups in total. The average Bonchev–Trinajstić information content (AvgIpc) is 3.13. The van der Waals surface area contributed by atoms with Crippen molar-refractivity contribution in [3.05, 3.63) is 71.0 Å². The van der Waals surface area contributed by atoms with E-state index >= 15 is 0 Å². The minimum Gasteiger partial charge on any atom is -0.344 e. The van der Waals surface area contributed by atoms with Gasteiger partial charge in [-0.3, -0.25) is 9.78 Å². The Morgan fingerprint density at radius 2 is 1.68 bits per heavy atom. The Labute approximate surface area is 152 Å². The van der Waals surface area contributed by atoms with Crippen LogP contribution in [-0.4, -0.2) is 15.9 Å². The van der Waals surface area contributed by atoms with E-state index in [1.54, 1.807) is 17.8 Å². The SMILES string of the molecule is CC(C)c1ccc(-c2nc(C(=O)N[C@@H](C)c3ccncc3)cs2)cc1. The van der Waals surface area contributed by atoms with Crippen molar-refractivity contribution < 1.29 is 4.79 Å². The van der Waals surface area contributed by atoms with Gasteiger partial charge in [-0.1, -0.05) is 38.1 Å². The maximum absolute atomic E-state index is 12.4. The maximum Gasteiger partial charge on any atom is 0.271 e. The number of hydrogen-bond acceptors (Lipinski definition) is 4. The lowest BCUT2D eigenvalue weighted by Gasteiger charge is -2.12. The molecule has 0 aliphatic carbocycles. The topological polar surface area (TPSA) is 54.9 Å². The second kappa shape index (κ2) is 7.57. The lowest BCUT2D eigenvalue weighted by molar-refractivity contribution is 0.0935. The number of pyridine rings is 1. The largest absolute Gasteiger partial charge is 0.344 e. The molecule has 5 heteroatoms. The van der Waals surface area contributed by atoms with Crippen molar-refractivity contribution in [3.63, 3.8) is 0 Å². The van der Waals surface area contributed by atoms with E-state index in [2.05, 4.69) is 53.4 Å². The number of rotatable bonds is 5. The molecule has 0 unspecified atom stereocenters. The highest BCUT2D eigenvalue weighted by Crippen LogP contribution is 2.26. The third-order valence-corrected chi connectivity index (χ3v) is 5.01. The Bertz CT molecular complexity index is 841. The summed E-state index contributed by atoms with van der Waals surface area (Å²) in [7, 11) is 0. The predicted octanol–water partition coefficient (Wildman–Crippen LogP) is 4.82. The molecule has 3 aromatic rings. The highest BCUT2D eigenvalue weighted by Gasteiger charge is 2.15. The minimum atomic E-state index is -0.161. The van der Waals surface area contributed by atoms with E-state index in [1.165, 1.54) is 16.9 Å². The van der Waals surface area contributed by atoms with E-state index in [4.69, 9.17) is 0 Å². The van der Waals surface area contributed by atoms with Crippen LogP contribution in [0, 0.1) is 0 Å². The van der Waals surface area contributed by atoms with Crippen molar-refractivity contribution in [2.24, 2.45) is 0 Å². The van der Waals surface area contributed by atoms with Crippen molar-refractivity contribution in [2.75, 3.05) is 0 Å². The molecule has 3 rings (SSSR count). The number of carbonyl (C=O) groups is 1. The third-order valence-electron chi connectivity index (χ3n) is 4.11. The van der Waals surface area contributed by atoms with E-state index in [-0.39, 0.29) is 11.9 Å². The maximum atomic E-state index is 12.4. The van der Waals surface area contributed by atoms with Crippen molar-refractivity contribution >= 4 is 17.2 Å². The highest BCUT2D eigenvalue weighted by molar-refractivity contribution is 7.13. The van der Waals surface area contributed by atoms with Crippen LogP contribution in [0.3, 0.4) is 0 Å². The zero-order valence-electron chi connectivity index (χ0n) is 14.6. The van der Waals surface area contributed by atoms with Crippen LogP contribution in [0.2, 0.25) is 0 Å². The van der Waals surface area contributed by atoms with Gasteiger partial charge in [0.1, 0.15) is 10.7 Å². The summed E-state index contributed by atoms with van der Waals surface area (Å²) in [5.74, 6) is 0.340. The summed E-state index contributed by atoms with van der Waals surface area (Å²) >= 11 is 1.49. The molecule has 4 nitrogen and oxygen atoms in total. The number of nitrogens with zero attached hydrogens (tertiary/aromatic N) is 2. The van der Waals surface area contributed by atoms with Gasteiger partial charge in [-0.15, -0.1) is 11.3 Å². The van der Waals surface area contributed by atoms with Crippen LogP contribution < -0.4 is 5.32 Å². The monoisotopic (exact) mass is 351 g/mol. The van der Waals surface area contributed by atoms with Crippen LogP contribution in [0.25, 0.3) is 10.6 Å². The molecule has 2 aromatic heterocycles. The fraction of sp³-hybridized carbons (Fsp3) is 0.250. The van der Waals surface area contributed by atoms with Crippen LogP contribution in [-0.2, 0) is 0 Å². The number of amides is 1. The zero-order chi connectivity index (χ0) is 17.8. The fourth-order valence-electron chi connectivity index (χ4n) is 2.53. The van der Waals surface area contributed by atoms with Gasteiger partial charge in [0.05, 0.1) is 6.04 Å². The molecule has 0 bridgehead atoms. The molecular formula is C20H21N3OS. The van der Waals surface area contributed by atoms with Gasteiger partial charge >= 0.3 is 0 Å². The molecule has 25 heavy (non-hydrogen) atoms. The first-order chi connectivity index (χ1) is 12.0. The summed E-state index contributed by atoms with van der Waals surface area (Å²) in [5, 5.41) is 5.64. The summed E-state index contributed by atoms with van der Waals surface area (Å²) in [5.41, 5.74) is 3.80. The van der Waals surface area contributed by atoms with Crippen LogP contribution in [0.1, 0.15) is 54.3 Å². The summed E-state index contributed by atoms with van der Waals surface area (Å²) in [6.45, 7) is 6.29. The normalized spacial score (nSPS) is 12.2. The molecule has 0 spiro atoms. The molecule has 128 valence electrons. The Morgan fingerprint density at radius 3 is 2.32 bits per heavy atom. The average molecular weight is 351 g/mol. The van der Waals surface area contributed by atoms with Crippen molar-refractivity contribution in [1.29, 1.82) is 0 Å². The summed E-state index contributed by atoms with van der Waals surface area (Å²) < 4.78 is 0. The Balaban J connectivity index is 1.71. The Hall–Kier alpha value is -2.53. The van der Waals surface area contributed by atoms with Gasteiger partial charge in [0.2, 0.25) is 0 Å². The lowest BCUT2D eigenvalue weighted by Crippen LogP contribution is -2.26. The first-order valence-corrected chi connectivity index (χ1v) is 9.19. The molecule has 2 heterocycles. The number of thiazole rings is 1. The van der Waals surface area contributed by atoms with Gasteiger partial charge in [-0.05, 0) is 36.1 Å². The number of hydrogen-bond donors (Lipinski definition) is 1. The zero-order valence-corrected chi connectivity index (χ0v) is 15.4. The van der Waals surface area contributed by atoms with Gasteiger partial charge in [-0.25, -0.2) is 4.98 Å². The van der Waals surface area contributed by atoms with Crippen molar-refractivity contribution in [1.82, 2.24) is 15.3 Å². The number of nitrogens with one attached hydrogen (secondary N) is 1. The molecule has 0 fully saturated rings. The Morgan fingerprint density at radius 1 is 1.00 bits per heavy atom. The van der Waals surface area contributed by atoms with E-state index in [9.17, 15) is 4.79 Å². The van der Waals surface area contributed by atoms with Crippen LogP contribution in [0.4, 0.5) is 0 Å². The lowest BCUT2D eigenvalue weighted by atomic mass is 10.0. The molecule has 1 amide bonds. The molecule has 0 aliphatic heterocycles. The van der Waals surface area contributed by atoms with E-state index < -0.39 is 0 Å². The van der Waals surface area contributed by atoms with Crippen molar-refractivity contribution in [2.45, 2.75) is 32.7 Å². The number of benzene rings is 1.